The van der Waals surface area contributed by atoms with Gasteiger partial charge in [0.05, 0.1) is 0 Å². The molecule has 0 bridgehead atoms. The van der Waals surface area contributed by atoms with Gasteiger partial charge in [0, 0.05) is 0 Å². The van der Waals surface area contributed by atoms with E-state index in [2.05, 4.69) is 38.3 Å². The molecule has 1 heterocycles. The van der Waals surface area contributed by atoms with E-state index >= 15 is 0 Å². The SMILES string of the molecule is CC1(C)CNCC(C)(C)[N-]1.[Li+]. The van der Waals surface area contributed by atoms with Crippen LogP contribution in [-0.2, 0) is 0 Å². The fourth-order valence-corrected chi connectivity index (χ4v) is 1.57. The second-order valence-electron chi connectivity index (χ2n) is 4.34. The first-order valence-corrected chi connectivity index (χ1v) is 3.86. The largest absolute Gasteiger partial charge is 1.00 e. The molecule has 0 atom stereocenters. The molecule has 60 valence electrons. The molecule has 0 aliphatic carbocycles. The first kappa shape index (κ1) is 11.5. The molecule has 0 aromatic heterocycles. The van der Waals surface area contributed by atoms with Crippen molar-refractivity contribution in [3.8, 4) is 0 Å². The summed E-state index contributed by atoms with van der Waals surface area (Å²) in [5.41, 5.74) is 0.253. The van der Waals surface area contributed by atoms with Gasteiger partial charge in [0.2, 0.25) is 0 Å². The van der Waals surface area contributed by atoms with Gasteiger partial charge in [-0.1, -0.05) is 27.7 Å². The molecular weight excluding hydrogens is 131 g/mol. The summed E-state index contributed by atoms with van der Waals surface area (Å²) in [5, 5.41) is 8.06. The first-order valence-electron chi connectivity index (χ1n) is 3.86. The molecule has 0 aromatic rings. The van der Waals surface area contributed by atoms with Gasteiger partial charge in [-0.25, -0.2) is 0 Å². The van der Waals surface area contributed by atoms with Crippen molar-refractivity contribution < 1.29 is 18.9 Å². The van der Waals surface area contributed by atoms with Gasteiger partial charge >= 0.3 is 18.9 Å². The van der Waals surface area contributed by atoms with E-state index < -0.39 is 0 Å². The molecule has 0 spiro atoms. The normalized spacial score (nSPS) is 27.3. The van der Waals surface area contributed by atoms with Crippen LogP contribution in [0.15, 0.2) is 0 Å². The van der Waals surface area contributed by atoms with E-state index in [9.17, 15) is 0 Å². The average molecular weight is 148 g/mol. The Labute approximate surface area is 81.7 Å². The van der Waals surface area contributed by atoms with Gasteiger partial charge in [0.25, 0.3) is 0 Å². The summed E-state index contributed by atoms with van der Waals surface area (Å²) in [7, 11) is 0. The predicted octanol–water partition coefficient (Wildman–Crippen LogP) is -1.48. The Kier molecular flexibility index (Phi) is 3.66. The fraction of sp³-hybridized carbons (Fsp3) is 1.00. The van der Waals surface area contributed by atoms with Crippen molar-refractivity contribution in [2.24, 2.45) is 0 Å². The van der Waals surface area contributed by atoms with Crippen molar-refractivity contribution in [1.29, 1.82) is 0 Å². The van der Waals surface area contributed by atoms with E-state index in [1.165, 1.54) is 0 Å². The number of rotatable bonds is 0. The van der Waals surface area contributed by atoms with Crippen LogP contribution in [0.1, 0.15) is 27.7 Å². The Morgan fingerprint density at radius 3 is 1.55 bits per heavy atom. The van der Waals surface area contributed by atoms with E-state index in [0.717, 1.165) is 13.1 Å². The number of hydrogen-bond acceptors (Lipinski definition) is 1. The summed E-state index contributed by atoms with van der Waals surface area (Å²) in [6, 6.07) is 0. The number of nitrogens with one attached hydrogen (secondary N) is 1. The van der Waals surface area contributed by atoms with E-state index in [1.807, 2.05) is 0 Å². The van der Waals surface area contributed by atoms with Gasteiger partial charge in [-0.3, -0.25) is 0 Å². The Morgan fingerprint density at radius 1 is 1.00 bits per heavy atom. The van der Waals surface area contributed by atoms with E-state index in [1.54, 1.807) is 0 Å². The smallest absolute Gasteiger partial charge is 0.650 e. The first-order chi connectivity index (χ1) is 4.41. The molecule has 0 unspecified atom stereocenters. The summed E-state index contributed by atoms with van der Waals surface area (Å²) >= 11 is 0. The van der Waals surface area contributed by atoms with Gasteiger partial charge in [0.1, 0.15) is 0 Å². The van der Waals surface area contributed by atoms with Crippen LogP contribution in [0.4, 0.5) is 0 Å². The molecule has 1 N–H and O–H groups in total. The minimum atomic E-state index is 0. The van der Waals surface area contributed by atoms with Crippen LogP contribution in [0.2, 0.25) is 0 Å². The van der Waals surface area contributed by atoms with Crippen LogP contribution in [0.3, 0.4) is 0 Å². The molecule has 0 radical (unpaired) electrons. The second kappa shape index (κ2) is 3.49. The van der Waals surface area contributed by atoms with Gasteiger partial charge in [-0.2, -0.15) is 0 Å². The number of nitrogens with zero attached hydrogens (tertiary/aromatic N) is 1. The van der Waals surface area contributed by atoms with E-state index in [-0.39, 0.29) is 29.9 Å². The number of hydrogen-bond donors (Lipinski definition) is 1. The maximum Gasteiger partial charge on any atom is 1.00 e. The summed E-state index contributed by atoms with van der Waals surface area (Å²) in [6.07, 6.45) is 0. The molecule has 1 fully saturated rings. The van der Waals surface area contributed by atoms with E-state index in [0.29, 0.717) is 0 Å². The molecule has 1 aliphatic heterocycles. The zero-order valence-corrected chi connectivity index (χ0v) is 8.36. The Bertz CT molecular complexity index is 118. The minimum absolute atomic E-state index is 0. The zero-order chi connectivity index (χ0) is 7.83. The molecular formula is C8H17LiN2. The molecule has 0 saturated carbocycles. The van der Waals surface area contributed by atoms with Crippen molar-refractivity contribution in [3.05, 3.63) is 5.32 Å². The summed E-state index contributed by atoms with van der Waals surface area (Å²) in [4.78, 5) is 0. The fourth-order valence-electron chi connectivity index (χ4n) is 1.57. The quantitative estimate of drug-likeness (QED) is 0.417. The maximum atomic E-state index is 4.68. The standard InChI is InChI=1S/C8H17N2.Li/c1-7(2)5-9-6-8(3,4)10-7;/h9H,5-6H2,1-4H3;/q-1;+1. The Balaban J connectivity index is 0.000001000. The zero-order valence-electron chi connectivity index (χ0n) is 8.36. The van der Waals surface area contributed by atoms with Crippen LogP contribution in [0, 0.1) is 0 Å². The van der Waals surface area contributed by atoms with Crippen molar-refractivity contribution >= 4 is 0 Å². The third-order valence-electron chi connectivity index (χ3n) is 1.72. The molecule has 0 aromatic carbocycles. The van der Waals surface area contributed by atoms with Crippen LogP contribution in [0.5, 0.6) is 0 Å². The third kappa shape index (κ3) is 3.62. The molecule has 2 nitrogen and oxygen atoms in total. The molecule has 1 saturated heterocycles. The maximum absolute atomic E-state index is 4.68. The van der Waals surface area contributed by atoms with E-state index in [4.69, 9.17) is 0 Å². The topological polar surface area (TPSA) is 26.1 Å². The molecule has 3 heteroatoms. The average Bonchev–Trinajstić information content (AvgIpc) is 1.56. The molecule has 1 aliphatic rings. The van der Waals surface area contributed by atoms with Crippen LogP contribution in [-0.4, -0.2) is 24.2 Å². The van der Waals surface area contributed by atoms with Gasteiger partial charge in [-0.05, 0) is 13.1 Å². The Morgan fingerprint density at radius 2 is 1.36 bits per heavy atom. The van der Waals surface area contributed by atoms with Gasteiger partial charge < -0.3 is 10.6 Å². The van der Waals surface area contributed by atoms with Crippen LogP contribution >= 0.6 is 0 Å². The van der Waals surface area contributed by atoms with Crippen molar-refractivity contribution in [3.63, 3.8) is 0 Å². The third-order valence-corrected chi connectivity index (χ3v) is 1.72. The summed E-state index contributed by atoms with van der Waals surface area (Å²) < 4.78 is 0. The number of piperazine rings is 1. The summed E-state index contributed by atoms with van der Waals surface area (Å²) in [5.74, 6) is 0. The van der Waals surface area contributed by atoms with Gasteiger partial charge in [0.15, 0.2) is 0 Å². The predicted molar refractivity (Wildman–Crippen MR) is 44.4 cm³/mol. The Hall–Kier alpha value is 0.517. The minimum Gasteiger partial charge on any atom is -0.650 e. The molecule has 1 rings (SSSR count). The molecule has 0 amide bonds. The van der Waals surface area contributed by atoms with Crippen molar-refractivity contribution in [2.45, 2.75) is 38.8 Å². The molecule has 11 heavy (non-hydrogen) atoms. The van der Waals surface area contributed by atoms with Crippen molar-refractivity contribution in [1.82, 2.24) is 5.32 Å². The van der Waals surface area contributed by atoms with Crippen LogP contribution < -0.4 is 24.2 Å². The van der Waals surface area contributed by atoms with Crippen LogP contribution in [0.25, 0.3) is 5.32 Å². The monoisotopic (exact) mass is 148 g/mol. The van der Waals surface area contributed by atoms with Gasteiger partial charge in [-0.15, -0.1) is 11.1 Å². The summed E-state index contributed by atoms with van der Waals surface area (Å²) in [6.45, 7) is 10.7. The second-order valence-corrected chi connectivity index (χ2v) is 4.34. The van der Waals surface area contributed by atoms with Crippen molar-refractivity contribution in [2.75, 3.05) is 13.1 Å².